The predicted octanol–water partition coefficient (Wildman–Crippen LogP) is 3.32. The van der Waals surface area contributed by atoms with E-state index in [4.69, 9.17) is 4.74 Å². The second-order valence-electron chi connectivity index (χ2n) is 4.28. The summed E-state index contributed by atoms with van der Waals surface area (Å²) >= 11 is 0. The molecule has 1 aromatic rings. The first-order valence-electron chi connectivity index (χ1n) is 6.60. The van der Waals surface area contributed by atoms with Crippen molar-refractivity contribution in [2.75, 3.05) is 13.2 Å². The number of unbranched alkanes of at least 4 members (excludes halogenated alkanes) is 1. The maximum Gasteiger partial charge on any atom is 0.218 e. The van der Waals surface area contributed by atoms with Gasteiger partial charge in [-0.15, -0.1) is 0 Å². The van der Waals surface area contributed by atoms with Gasteiger partial charge in [-0.25, -0.2) is 4.98 Å². The summed E-state index contributed by atoms with van der Waals surface area (Å²) in [6.45, 7) is 8.25. The number of nitrogens with one attached hydrogen (secondary N) is 1. The van der Waals surface area contributed by atoms with Crippen LogP contribution in [-0.4, -0.2) is 18.1 Å². The molecule has 0 fully saturated rings. The average Bonchev–Trinajstić information content (AvgIpc) is 2.37. The molecule has 0 radical (unpaired) electrons. The Labute approximate surface area is 105 Å². The van der Waals surface area contributed by atoms with Crippen LogP contribution in [0.4, 0.5) is 0 Å². The van der Waals surface area contributed by atoms with Gasteiger partial charge in [-0.1, -0.05) is 26.3 Å². The van der Waals surface area contributed by atoms with Gasteiger partial charge in [0.1, 0.15) is 0 Å². The third-order valence-corrected chi connectivity index (χ3v) is 2.70. The third-order valence-electron chi connectivity index (χ3n) is 2.70. The smallest absolute Gasteiger partial charge is 0.218 e. The molecule has 1 atom stereocenters. The van der Waals surface area contributed by atoms with Crippen LogP contribution in [0, 0.1) is 0 Å². The second-order valence-corrected chi connectivity index (χ2v) is 4.28. The highest BCUT2D eigenvalue weighted by Crippen LogP contribution is 2.22. The van der Waals surface area contributed by atoms with Crippen LogP contribution < -0.4 is 10.1 Å². The summed E-state index contributed by atoms with van der Waals surface area (Å²) in [6.07, 6.45) is 5.15. The molecule has 0 saturated carbocycles. The lowest BCUT2D eigenvalue weighted by Crippen LogP contribution is -2.20. The molecule has 1 aromatic heterocycles. The first-order valence-corrected chi connectivity index (χ1v) is 6.60. The van der Waals surface area contributed by atoms with E-state index < -0.39 is 0 Å². The summed E-state index contributed by atoms with van der Waals surface area (Å²) in [6, 6.07) is 4.34. The van der Waals surface area contributed by atoms with Crippen LogP contribution in [0.15, 0.2) is 18.3 Å². The van der Waals surface area contributed by atoms with Crippen molar-refractivity contribution >= 4 is 0 Å². The lowest BCUT2D eigenvalue weighted by Gasteiger charge is -2.16. The van der Waals surface area contributed by atoms with Crippen molar-refractivity contribution in [1.82, 2.24) is 10.3 Å². The molecule has 3 heteroatoms. The van der Waals surface area contributed by atoms with Crippen molar-refractivity contribution in [3.05, 3.63) is 23.9 Å². The zero-order valence-electron chi connectivity index (χ0n) is 11.2. The van der Waals surface area contributed by atoms with Crippen LogP contribution in [-0.2, 0) is 0 Å². The normalized spacial score (nSPS) is 12.4. The number of hydrogen-bond donors (Lipinski definition) is 1. The molecule has 0 amide bonds. The van der Waals surface area contributed by atoms with E-state index in [1.807, 2.05) is 6.07 Å². The molecule has 0 saturated heterocycles. The summed E-state index contributed by atoms with van der Waals surface area (Å²) in [7, 11) is 0. The highest BCUT2D eigenvalue weighted by atomic mass is 16.5. The van der Waals surface area contributed by atoms with Crippen LogP contribution >= 0.6 is 0 Å². The lowest BCUT2D eigenvalue weighted by atomic mass is 10.1. The Kier molecular flexibility index (Phi) is 6.63. The van der Waals surface area contributed by atoms with E-state index in [-0.39, 0.29) is 0 Å². The molecule has 0 aliphatic rings. The molecule has 3 nitrogen and oxygen atoms in total. The van der Waals surface area contributed by atoms with E-state index >= 15 is 0 Å². The van der Waals surface area contributed by atoms with Crippen molar-refractivity contribution in [2.45, 2.75) is 46.1 Å². The van der Waals surface area contributed by atoms with Crippen molar-refractivity contribution in [3.63, 3.8) is 0 Å². The highest BCUT2D eigenvalue weighted by molar-refractivity contribution is 5.28. The van der Waals surface area contributed by atoms with Gasteiger partial charge in [0.05, 0.1) is 6.61 Å². The van der Waals surface area contributed by atoms with Gasteiger partial charge in [0, 0.05) is 17.8 Å². The summed E-state index contributed by atoms with van der Waals surface area (Å²) in [5, 5.41) is 3.46. The minimum atomic E-state index is 0.292. The van der Waals surface area contributed by atoms with Crippen molar-refractivity contribution in [2.24, 2.45) is 0 Å². The van der Waals surface area contributed by atoms with Gasteiger partial charge in [-0.2, -0.15) is 0 Å². The Morgan fingerprint density at radius 2 is 2.18 bits per heavy atom. The summed E-state index contributed by atoms with van der Waals surface area (Å²) in [5.41, 5.74) is 1.15. The summed E-state index contributed by atoms with van der Waals surface area (Å²) in [4.78, 5) is 4.32. The average molecular weight is 236 g/mol. The Morgan fingerprint density at radius 1 is 1.35 bits per heavy atom. The van der Waals surface area contributed by atoms with Gasteiger partial charge < -0.3 is 10.1 Å². The molecule has 0 aromatic carbocycles. The van der Waals surface area contributed by atoms with E-state index in [1.54, 1.807) is 6.20 Å². The molecule has 17 heavy (non-hydrogen) atoms. The van der Waals surface area contributed by atoms with Crippen molar-refractivity contribution < 1.29 is 4.74 Å². The zero-order valence-corrected chi connectivity index (χ0v) is 11.2. The molecule has 0 aliphatic carbocycles. The zero-order chi connectivity index (χ0) is 12.5. The highest BCUT2D eigenvalue weighted by Gasteiger charge is 2.11. The van der Waals surface area contributed by atoms with E-state index in [1.165, 1.54) is 0 Å². The van der Waals surface area contributed by atoms with Crippen LogP contribution in [0.2, 0.25) is 0 Å². The minimum Gasteiger partial charge on any atom is -0.477 e. The molecular formula is C14H24N2O. The van der Waals surface area contributed by atoms with Gasteiger partial charge in [0.25, 0.3) is 0 Å². The molecule has 0 aliphatic heterocycles. The van der Waals surface area contributed by atoms with Crippen LogP contribution in [0.1, 0.15) is 51.6 Å². The Bertz CT molecular complexity index is 315. The fraction of sp³-hybridized carbons (Fsp3) is 0.643. The van der Waals surface area contributed by atoms with Gasteiger partial charge in [0.2, 0.25) is 5.88 Å². The minimum absolute atomic E-state index is 0.292. The molecule has 1 unspecified atom stereocenters. The van der Waals surface area contributed by atoms with Crippen molar-refractivity contribution in [3.8, 4) is 5.88 Å². The number of ether oxygens (including phenoxy) is 1. The predicted molar refractivity (Wildman–Crippen MR) is 71.3 cm³/mol. The molecular weight excluding hydrogens is 212 g/mol. The largest absolute Gasteiger partial charge is 0.477 e. The second kappa shape index (κ2) is 8.07. The topological polar surface area (TPSA) is 34.1 Å². The van der Waals surface area contributed by atoms with Gasteiger partial charge in [-0.05, 0) is 32.4 Å². The number of rotatable bonds is 8. The molecule has 1 N–H and O–H groups in total. The van der Waals surface area contributed by atoms with E-state index in [0.29, 0.717) is 6.04 Å². The first kappa shape index (κ1) is 14.0. The quantitative estimate of drug-likeness (QED) is 0.703. The van der Waals surface area contributed by atoms with Gasteiger partial charge in [-0.3, -0.25) is 0 Å². The lowest BCUT2D eigenvalue weighted by molar-refractivity contribution is 0.291. The van der Waals surface area contributed by atoms with E-state index in [2.05, 4.69) is 37.1 Å². The Morgan fingerprint density at radius 3 is 2.88 bits per heavy atom. The van der Waals surface area contributed by atoms with E-state index in [9.17, 15) is 0 Å². The summed E-state index contributed by atoms with van der Waals surface area (Å²) in [5.74, 6) is 0.775. The fourth-order valence-corrected chi connectivity index (χ4v) is 1.64. The third kappa shape index (κ3) is 4.73. The molecule has 1 rings (SSSR count). The van der Waals surface area contributed by atoms with Crippen LogP contribution in [0.25, 0.3) is 0 Å². The maximum absolute atomic E-state index is 5.73. The Hall–Kier alpha value is -1.09. The summed E-state index contributed by atoms with van der Waals surface area (Å²) < 4.78 is 5.73. The number of hydrogen-bond acceptors (Lipinski definition) is 3. The standard InChI is InChI=1S/C14H24N2O/c1-4-6-11-17-14-13(8-7-10-16-14)12(3)15-9-5-2/h7-8,10,12,15H,4-6,9,11H2,1-3H3. The van der Waals surface area contributed by atoms with Crippen molar-refractivity contribution in [1.29, 1.82) is 0 Å². The molecule has 0 spiro atoms. The SMILES string of the molecule is CCCCOc1ncccc1C(C)NCCC. The maximum atomic E-state index is 5.73. The number of aromatic nitrogens is 1. The molecule has 0 bridgehead atoms. The van der Waals surface area contributed by atoms with Crippen LogP contribution in [0.5, 0.6) is 5.88 Å². The van der Waals surface area contributed by atoms with E-state index in [0.717, 1.165) is 43.9 Å². The Balaban J connectivity index is 2.62. The van der Waals surface area contributed by atoms with Gasteiger partial charge >= 0.3 is 0 Å². The first-order chi connectivity index (χ1) is 8.29. The monoisotopic (exact) mass is 236 g/mol. The molecule has 96 valence electrons. The fourth-order valence-electron chi connectivity index (χ4n) is 1.64. The number of pyridine rings is 1. The van der Waals surface area contributed by atoms with Gasteiger partial charge in [0.15, 0.2) is 0 Å². The number of nitrogens with zero attached hydrogens (tertiary/aromatic N) is 1. The van der Waals surface area contributed by atoms with Crippen LogP contribution in [0.3, 0.4) is 0 Å². The molecule has 1 heterocycles.